The Kier molecular flexibility index (Phi) is 5.04. The minimum atomic E-state index is -0.219. The van der Waals surface area contributed by atoms with E-state index in [-0.39, 0.29) is 17.9 Å². The van der Waals surface area contributed by atoms with E-state index in [0.717, 1.165) is 27.9 Å². The average molecular weight is 413 g/mol. The van der Waals surface area contributed by atoms with Crippen molar-refractivity contribution >= 4 is 45.9 Å². The molecule has 2 aromatic carbocycles. The van der Waals surface area contributed by atoms with Crippen LogP contribution in [-0.2, 0) is 4.79 Å². The second-order valence-electron chi connectivity index (χ2n) is 7.03. The highest BCUT2D eigenvalue weighted by molar-refractivity contribution is 6.37. The predicted molar refractivity (Wildman–Crippen MR) is 112 cm³/mol. The van der Waals surface area contributed by atoms with E-state index in [1.165, 1.54) is 0 Å². The first-order valence-electron chi connectivity index (χ1n) is 9.00. The van der Waals surface area contributed by atoms with Crippen LogP contribution in [0.2, 0.25) is 10.0 Å². The average Bonchev–Trinajstić information content (AvgIpc) is 3.11. The van der Waals surface area contributed by atoms with Crippen LogP contribution in [0.5, 0.6) is 0 Å². The fourth-order valence-corrected chi connectivity index (χ4v) is 3.83. The number of halogens is 2. The lowest BCUT2D eigenvalue weighted by Crippen LogP contribution is -2.30. The lowest BCUT2D eigenvalue weighted by Gasteiger charge is -2.23. The summed E-state index contributed by atoms with van der Waals surface area (Å²) in [6, 6.07) is 11.0. The number of hydrogen-bond donors (Lipinski definition) is 0. The smallest absolute Gasteiger partial charge is 0.245 e. The van der Waals surface area contributed by atoms with E-state index in [9.17, 15) is 4.79 Å². The molecule has 7 heteroatoms. The maximum Gasteiger partial charge on any atom is 0.245 e. The van der Waals surface area contributed by atoms with Crippen molar-refractivity contribution in [3.63, 3.8) is 0 Å². The molecule has 5 nitrogen and oxygen atoms in total. The molecule has 1 aliphatic rings. The number of amides is 1. The summed E-state index contributed by atoms with van der Waals surface area (Å²) < 4.78 is 0. The molecule has 142 valence electrons. The van der Waals surface area contributed by atoms with Crippen LogP contribution < -0.4 is 0 Å². The van der Waals surface area contributed by atoms with Gasteiger partial charge in [-0.3, -0.25) is 14.8 Å². The molecule has 0 N–H and O–H groups in total. The van der Waals surface area contributed by atoms with Crippen LogP contribution in [0.4, 0.5) is 0 Å². The Morgan fingerprint density at radius 3 is 2.54 bits per heavy atom. The van der Waals surface area contributed by atoms with Crippen LogP contribution in [-0.4, -0.2) is 26.6 Å². The number of rotatable bonds is 3. The molecule has 0 fully saturated rings. The van der Waals surface area contributed by atoms with E-state index >= 15 is 0 Å². The Labute approximate surface area is 173 Å². The molecule has 0 radical (unpaired) electrons. The van der Waals surface area contributed by atoms with Crippen molar-refractivity contribution < 1.29 is 4.79 Å². The molecule has 0 saturated carbocycles. The summed E-state index contributed by atoms with van der Waals surface area (Å²) in [7, 11) is 0. The second-order valence-corrected chi connectivity index (χ2v) is 7.88. The van der Waals surface area contributed by atoms with E-state index in [0.29, 0.717) is 16.5 Å². The molecule has 0 spiro atoms. The Bertz CT molecular complexity index is 1100. The minimum absolute atomic E-state index is 0.0377. The number of carbonyl (C=O) groups is 1. The third-order valence-electron chi connectivity index (χ3n) is 4.75. The van der Waals surface area contributed by atoms with Crippen LogP contribution in [0.25, 0.3) is 11.0 Å². The monoisotopic (exact) mass is 412 g/mol. The summed E-state index contributed by atoms with van der Waals surface area (Å²) in [5.41, 5.74) is 4.12. The molecule has 2 heterocycles. The summed E-state index contributed by atoms with van der Waals surface area (Å²) in [5.74, 6) is -0.212. The van der Waals surface area contributed by atoms with Gasteiger partial charge in [0.15, 0.2) is 0 Å². The van der Waals surface area contributed by atoms with Gasteiger partial charge in [-0.2, -0.15) is 5.10 Å². The lowest BCUT2D eigenvalue weighted by molar-refractivity contribution is -0.136. The highest BCUT2D eigenvalue weighted by atomic mass is 35.5. The first-order valence-corrected chi connectivity index (χ1v) is 9.76. The van der Waals surface area contributed by atoms with E-state index in [1.807, 2.05) is 38.1 Å². The van der Waals surface area contributed by atoms with E-state index in [2.05, 4.69) is 15.1 Å². The standard InChI is InChI=1S/C21H18Cl2N4O/c1-12(2)21(28)27-20(13-3-6-17-19(9-13)25-8-7-24-17)11-18(26-27)15-5-4-14(22)10-16(15)23/h3-10,12,20H,11H2,1-2H3/t20-/m0/s1. The molecule has 3 aromatic rings. The molecule has 28 heavy (non-hydrogen) atoms. The molecule has 0 saturated heterocycles. The highest BCUT2D eigenvalue weighted by Crippen LogP contribution is 2.36. The van der Waals surface area contributed by atoms with Crippen LogP contribution in [0.15, 0.2) is 53.9 Å². The molecule has 1 amide bonds. The van der Waals surface area contributed by atoms with Crippen molar-refractivity contribution in [2.45, 2.75) is 26.3 Å². The third kappa shape index (κ3) is 3.48. The van der Waals surface area contributed by atoms with Crippen molar-refractivity contribution in [2.75, 3.05) is 0 Å². The predicted octanol–water partition coefficient (Wildman–Crippen LogP) is 5.27. The van der Waals surface area contributed by atoms with Gasteiger partial charge in [0.25, 0.3) is 0 Å². The van der Waals surface area contributed by atoms with Crippen LogP contribution >= 0.6 is 23.2 Å². The molecular formula is C21H18Cl2N4O. The summed E-state index contributed by atoms with van der Waals surface area (Å²) in [6.07, 6.45) is 3.88. The van der Waals surface area contributed by atoms with Gasteiger partial charge in [-0.25, -0.2) is 5.01 Å². The van der Waals surface area contributed by atoms with Crippen LogP contribution in [0.1, 0.15) is 37.4 Å². The quantitative estimate of drug-likeness (QED) is 0.588. The van der Waals surface area contributed by atoms with Crippen molar-refractivity contribution in [3.05, 3.63) is 70.0 Å². The van der Waals surface area contributed by atoms with E-state index in [1.54, 1.807) is 29.5 Å². The molecule has 0 aliphatic carbocycles. The summed E-state index contributed by atoms with van der Waals surface area (Å²) in [4.78, 5) is 21.5. The van der Waals surface area contributed by atoms with Gasteiger partial charge in [-0.15, -0.1) is 0 Å². The van der Waals surface area contributed by atoms with Gasteiger partial charge in [0.1, 0.15) is 0 Å². The fraction of sp³-hybridized carbons (Fsp3) is 0.238. The van der Waals surface area contributed by atoms with Gasteiger partial charge in [-0.05, 0) is 29.8 Å². The summed E-state index contributed by atoms with van der Waals surface area (Å²) in [6.45, 7) is 3.74. The minimum Gasteiger partial charge on any atom is -0.273 e. The number of fused-ring (bicyclic) bond motifs is 1. The Hall–Kier alpha value is -2.50. The fourth-order valence-electron chi connectivity index (χ4n) is 3.31. The summed E-state index contributed by atoms with van der Waals surface area (Å²) in [5, 5.41) is 7.30. The van der Waals surface area contributed by atoms with Crippen molar-refractivity contribution in [3.8, 4) is 0 Å². The number of carbonyl (C=O) groups excluding carboxylic acids is 1. The van der Waals surface area contributed by atoms with Crippen LogP contribution in [0, 0.1) is 5.92 Å². The van der Waals surface area contributed by atoms with Gasteiger partial charge in [0, 0.05) is 35.3 Å². The van der Waals surface area contributed by atoms with Crippen molar-refractivity contribution in [1.29, 1.82) is 0 Å². The maximum atomic E-state index is 12.8. The van der Waals surface area contributed by atoms with Gasteiger partial charge in [0.2, 0.25) is 5.91 Å². The number of nitrogens with zero attached hydrogens (tertiary/aromatic N) is 4. The molecule has 1 aromatic heterocycles. The molecule has 4 rings (SSSR count). The van der Waals surface area contributed by atoms with Crippen molar-refractivity contribution in [2.24, 2.45) is 11.0 Å². The normalized spacial score (nSPS) is 16.7. The maximum absolute atomic E-state index is 12.8. The van der Waals surface area contributed by atoms with Crippen molar-refractivity contribution in [1.82, 2.24) is 15.0 Å². The Balaban J connectivity index is 1.76. The van der Waals surface area contributed by atoms with Crippen LogP contribution in [0.3, 0.4) is 0 Å². The lowest BCUT2D eigenvalue weighted by atomic mass is 9.97. The van der Waals surface area contributed by atoms with E-state index in [4.69, 9.17) is 23.2 Å². The van der Waals surface area contributed by atoms with Gasteiger partial charge >= 0.3 is 0 Å². The molecular weight excluding hydrogens is 395 g/mol. The Morgan fingerprint density at radius 1 is 1.07 bits per heavy atom. The van der Waals surface area contributed by atoms with Gasteiger partial charge in [0.05, 0.1) is 27.8 Å². The molecule has 1 atom stereocenters. The zero-order chi connectivity index (χ0) is 19.8. The van der Waals surface area contributed by atoms with Gasteiger partial charge < -0.3 is 0 Å². The topological polar surface area (TPSA) is 58.5 Å². The SMILES string of the molecule is CC(C)C(=O)N1N=C(c2ccc(Cl)cc2Cl)C[C@H]1c1ccc2nccnc2c1. The number of hydrogen-bond acceptors (Lipinski definition) is 4. The number of aromatic nitrogens is 2. The largest absolute Gasteiger partial charge is 0.273 e. The first-order chi connectivity index (χ1) is 13.4. The molecule has 0 bridgehead atoms. The number of benzene rings is 2. The molecule has 0 unspecified atom stereocenters. The highest BCUT2D eigenvalue weighted by Gasteiger charge is 2.34. The van der Waals surface area contributed by atoms with E-state index < -0.39 is 0 Å². The summed E-state index contributed by atoms with van der Waals surface area (Å²) >= 11 is 12.4. The van der Waals surface area contributed by atoms with Gasteiger partial charge in [-0.1, -0.05) is 49.2 Å². The third-order valence-corrected chi connectivity index (χ3v) is 5.30. The Morgan fingerprint density at radius 2 is 1.82 bits per heavy atom. The zero-order valence-corrected chi connectivity index (χ0v) is 16.9. The first kappa shape index (κ1) is 18.8. The zero-order valence-electron chi connectivity index (χ0n) is 15.4. The second kappa shape index (κ2) is 7.49. The number of hydrazone groups is 1. The molecule has 1 aliphatic heterocycles.